The van der Waals surface area contributed by atoms with Crippen molar-refractivity contribution in [1.82, 2.24) is 0 Å². The molecule has 0 bridgehead atoms. The molecule has 19 heavy (non-hydrogen) atoms. The molecule has 0 radical (unpaired) electrons. The van der Waals surface area contributed by atoms with Gasteiger partial charge in [0, 0.05) is 11.5 Å². The molecule has 0 spiro atoms. The lowest BCUT2D eigenvalue weighted by atomic mass is 9.91. The van der Waals surface area contributed by atoms with Gasteiger partial charge < -0.3 is 14.2 Å². The summed E-state index contributed by atoms with van der Waals surface area (Å²) in [6.07, 6.45) is 2.74. The molecule has 0 saturated carbocycles. The topological polar surface area (TPSA) is 27.7 Å². The van der Waals surface area contributed by atoms with Crippen LogP contribution >= 0.6 is 0 Å². The van der Waals surface area contributed by atoms with Gasteiger partial charge in [-0.15, -0.1) is 6.58 Å². The molecule has 0 aromatic heterocycles. The fourth-order valence-corrected chi connectivity index (χ4v) is 2.46. The van der Waals surface area contributed by atoms with Crippen molar-refractivity contribution in [3.05, 3.63) is 42.5 Å². The maximum atomic E-state index is 6.12. The number of para-hydroxylation sites is 1. The highest BCUT2D eigenvalue weighted by molar-refractivity contribution is 5.35. The van der Waals surface area contributed by atoms with Crippen molar-refractivity contribution in [2.24, 2.45) is 5.92 Å². The zero-order valence-corrected chi connectivity index (χ0v) is 11.9. The van der Waals surface area contributed by atoms with E-state index in [1.807, 2.05) is 38.1 Å². The molecule has 0 aliphatic carbocycles. The predicted octanol–water partition coefficient (Wildman–Crippen LogP) is 3.71. The lowest BCUT2D eigenvalue weighted by Crippen LogP contribution is -2.41. The van der Waals surface area contributed by atoms with E-state index < -0.39 is 5.79 Å². The van der Waals surface area contributed by atoms with Gasteiger partial charge in [0.2, 0.25) is 0 Å². The molecule has 1 fully saturated rings. The number of allylic oxidation sites excluding steroid dienone is 1. The van der Waals surface area contributed by atoms with Gasteiger partial charge in [-0.1, -0.05) is 24.3 Å². The second-order valence-corrected chi connectivity index (χ2v) is 5.28. The van der Waals surface area contributed by atoms with E-state index in [1.54, 1.807) is 7.11 Å². The van der Waals surface area contributed by atoms with Crippen LogP contribution in [-0.2, 0) is 9.47 Å². The fourth-order valence-electron chi connectivity index (χ4n) is 2.46. The zero-order chi connectivity index (χ0) is 13.9. The zero-order valence-electron chi connectivity index (χ0n) is 11.9. The Morgan fingerprint density at radius 2 is 2.16 bits per heavy atom. The first-order chi connectivity index (χ1) is 9.07. The predicted molar refractivity (Wildman–Crippen MR) is 75.2 cm³/mol. The van der Waals surface area contributed by atoms with Gasteiger partial charge in [-0.25, -0.2) is 0 Å². The molecular weight excluding hydrogens is 240 g/mol. The van der Waals surface area contributed by atoms with Crippen LogP contribution in [0.2, 0.25) is 0 Å². The largest absolute Gasteiger partial charge is 0.496 e. The van der Waals surface area contributed by atoms with Gasteiger partial charge >= 0.3 is 0 Å². The Hall–Kier alpha value is -1.32. The van der Waals surface area contributed by atoms with Gasteiger partial charge in [-0.05, 0) is 26.3 Å². The van der Waals surface area contributed by atoms with Crippen LogP contribution in [-0.4, -0.2) is 19.5 Å². The second kappa shape index (κ2) is 5.76. The van der Waals surface area contributed by atoms with Crippen LogP contribution in [0.3, 0.4) is 0 Å². The Balaban J connectivity index is 2.33. The van der Waals surface area contributed by atoms with E-state index in [9.17, 15) is 0 Å². The summed E-state index contributed by atoms with van der Waals surface area (Å²) in [5, 5.41) is 0. The van der Waals surface area contributed by atoms with Crippen LogP contribution < -0.4 is 4.74 Å². The third kappa shape index (κ3) is 3.17. The minimum absolute atomic E-state index is 0.0297. The van der Waals surface area contributed by atoms with Gasteiger partial charge in [0.1, 0.15) is 5.75 Å². The highest BCUT2D eigenvalue weighted by Gasteiger charge is 2.37. The minimum Gasteiger partial charge on any atom is -0.496 e. The number of hydrogen-bond acceptors (Lipinski definition) is 3. The van der Waals surface area contributed by atoms with Crippen molar-refractivity contribution in [1.29, 1.82) is 0 Å². The van der Waals surface area contributed by atoms with E-state index in [0.717, 1.165) is 17.7 Å². The standard InChI is InChI=1S/C16H22O3/c1-5-8-12-11-18-16(2,3)19-15(12)13-9-6-7-10-14(13)17-4/h5-7,9-10,12,15H,1,8,11H2,2-4H3. The molecule has 1 aromatic carbocycles. The highest BCUT2D eigenvalue weighted by atomic mass is 16.7. The van der Waals surface area contributed by atoms with Crippen molar-refractivity contribution < 1.29 is 14.2 Å². The van der Waals surface area contributed by atoms with Gasteiger partial charge in [-0.3, -0.25) is 0 Å². The molecule has 1 saturated heterocycles. The van der Waals surface area contributed by atoms with Gasteiger partial charge in [0.25, 0.3) is 0 Å². The maximum Gasteiger partial charge on any atom is 0.163 e. The molecular formula is C16H22O3. The number of hydrogen-bond donors (Lipinski definition) is 0. The molecule has 1 aliphatic rings. The second-order valence-electron chi connectivity index (χ2n) is 5.28. The van der Waals surface area contributed by atoms with Gasteiger partial charge in [-0.2, -0.15) is 0 Å². The molecule has 1 aliphatic heterocycles. The highest BCUT2D eigenvalue weighted by Crippen LogP contribution is 2.41. The lowest BCUT2D eigenvalue weighted by Gasteiger charge is -2.41. The Kier molecular flexibility index (Phi) is 4.27. The molecule has 3 nitrogen and oxygen atoms in total. The number of rotatable bonds is 4. The van der Waals surface area contributed by atoms with Crippen LogP contribution in [0.4, 0.5) is 0 Å². The molecule has 2 unspecified atom stereocenters. The number of methoxy groups -OCH3 is 1. The normalized spacial score (nSPS) is 25.8. The summed E-state index contributed by atoms with van der Waals surface area (Å²) in [4.78, 5) is 0. The molecule has 0 amide bonds. The summed E-state index contributed by atoms with van der Waals surface area (Å²) in [6, 6.07) is 8.00. The van der Waals surface area contributed by atoms with Crippen LogP contribution in [0.1, 0.15) is 31.9 Å². The van der Waals surface area contributed by atoms with Crippen LogP contribution in [0.5, 0.6) is 5.75 Å². The Bertz CT molecular complexity index is 439. The monoisotopic (exact) mass is 262 g/mol. The molecule has 3 heteroatoms. The summed E-state index contributed by atoms with van der Waals surface area (Å²) in [7, 11) is 1.69. The van der Waals surface area contributed by atoms with Crippen LogP contribution in [0.25, 0.3) is 0 Å². The van der Waals surface area contributed by atoms with Crippen LogP contribution in [0.15, 0.2) is 36.9 Å². The fraction of sp³-hybridized carbons (Fsp3) is 0.500. The van der Waals surface area contributed by atoms with Crippen molar-refractivity contribution in [3.63, 3.8) is 0 Å². The van der Waals surface area contributed by atoms with Crippen molar-refractivity contribution >= 4 is 0 Å². The first kappa shape index (κ1) is 14.1. The van der Waals surface area contributed by atoms with Crippen molar-refractivity contribution in [3.8, 4) is 5.75 Å². The first-order valence-electron chi connectivity index (χ1n) is 6.63. The third-order valence-electron chi connectivity index (χ3n) is 3.40. The summed E-state index contributed by atoms with van der Waals surface area (Å²) >= 11 is 0. The van der Waals surface area contributed by atoms with E-state index in [4.69, 9.17) is 14.2 Å². The Morgan fingerprint density at radius 1 is 1.42 bits per heavy atom. The molecule has 104 valence electrons. The number of benzene rings is 1. The Labute approximate surface area is 115 Å². The summed E-state index contributed by atoms with van der Waals surface area (Å²) in [5.74, 6) is 0.560. The number of ether oxygens (including phenoxy) is 3. The third-order valence-corrected chi connectivity index (χ3v) is 3.40. The quantitative estimate of drug-likeness (QED) is 0.774. The lowest BCUT2D eigenvalue weighted by molar-refractivity contribution is -0.295. The summed E-state index contributed by atoms with van der Waals surface area (Å²) < 4.78 is 17.3. The van der Waals surface area contributed by atoms with E-state index in [0.29, 0.717) is 6.61 Å². The summed E-state index contributed by atoms with van der Waals surface area (Å²) in [5.41, 5.74) is 1.08. The Morgan fingerprint density at radius 3 is 2.84 bits per heavy atom. The maximum absolute atomic E-state index is 6.12. The van der Waals surface area contributed by atoms with Gasteiger partial charge in [0.05, 0.1) is 19.8 Å². The van der Waals surface area contributed by atoms with E-state index in [-0.39, 0.29) is 12.0 Å². The van der Waals surface area contributed by atoms with Gasteiger partial charge in [0.15, 0.2) is 5.79 Å². The van der Waals surface area contributed by atoms with E-state index >= 15 is 0 Å². The molecule has 2 atom stereocenters. The molecule has 2 rings (SSSR count). The van der Waals surface area contributed by atoms with Crippen molar-refractivity contribution in [2.75, 3.05) is 13.7 Å². The van der Waals surface area contributed by atoms with E-state index in [1.165, 1.54) is 0 Å². The van der Waals surface area contributed by atoms with E-state index in [2.05, 4.69) is 12.6 Å². The molecule has 1 aromatic rings. The van der Waals surface area contributed by atoms with Crippen molar-refractivity contribution in [2.45, 2.75) is 32.2 Å². The SMILES string of the molecule is C=CCC1COC(C)(C)OC1c1ccccc1OC. The smallest absolute Gasteiger partial charge is 0.163 e. The minimum atomic E-state index is -0.566. The molecule has 1 heterocycles. The average molecular weight is 262 g/mol. The summed E-state index contributed by atoms with van der Waals surface area (Å²) in [6.45, 7) is 8.38. The average Bonchev–Trinajstić information content (AvgIpc) is 2.40. The van der Waals surface area contributed by atoms with Crippen LogP contribution in [0, 0.1) is 5.92 Å². The first-order valence-corrected chi connectivity index (χ1v) is 6.63. The molecule has 0 N–H and O–H groups in total.